The van der Waals surface area contributed by atoms with Crippen molar-refractivity contribution in [1.29, 1.82) is 0 Å². The maximum atomic E-state index is 5.87. The van der Waals surface area contributed by atoms with E-state index in [0.29, 0.717) is 12.7 Å². The van der Waals surface area contributed by atoms with Crippen molar-refractivity contribution in [2.45, 2.75) is 44.4 Å². The first-order valence-corrected chi connectivity index (χ1v) is 8.51. The highest BCUT2D eigenvalue weighted by atomic mass is 28.4. The Hall–Kier alpha value is 0.0169. The molecule has 0 bridgehead atoms. The molecule has 2 atom stereocenters. The predicted octanol–water partition coefficient (Wildman–Crippen LogP) is 1.84. The molecule has 18 heavy (non-hydrogen) atoms. The third kappa shape index (κ3) is 5.34. The van der Waals surface area contributed by atoms with Crippen molar-refractivity contribution in [3.63, 3.8) is 0 Å². The maximum Gasteiger partial charge on any atom is 0.500 e. The monoisotopic (exact) mass is 278 g/mol. The zero-order valence-electron chi connectivity index (χ0n) is 11.9. The summed E-state index contributed by atoms with van der Waals surface area (Å²) >= 11 is 0. The molecule has 0 N–H and O–H groups in total. The Balaban J connectivity index is 2.33. The van der Waals surface area contributed by atoms with Gasteiger partial charge in [-0.1, -0.05) is 13.3 Å². The third-order valence-electron chi connectivity index (χ3n) is 3.24. The highest BCUT2D eigenvalue weighted by molar-refractivity contribution is 6.60. The highest BCUT2D eigenvalue weighted by Crippen LogP contribution is 2.21. The lowest BCUT2D eigenvalue weighted by Crippen LogP contribution is -2.43. The normalized spacial score (nSPS) is 21.0. The van der Waals surface area contributed by atoms with E-state index in [1.165, 1.54) is 0 Å². The van der Waals surface area contributed by atoms with Gasteiger partial charge in [-0.25, -0.2) is 0 Å². The molecule has 0 radical (unpaired) electrons. The average Bonchev–Trinajstić information content (AvgIpc) is 3.22. The number of hydrogen-bond acceptors (Lipinski definition) is 5. The van der Waals surface area contributed by atoms with E-state index >= 15 is 0 Å². The van der Waals surface area contributed by atoms with Crippen molar-refractivity contribution in [3.05, 3.63) is 0 Å². The van der Waals surface area contributed by atoms with Gasteiger partial charge in [0.05, 0.1) is 19.3 Å². The van der Waals surface area contributed by atoms with Gasteiger partial charge in [0.25, 0.3) is 0 Å². The second-order valence-electron chi connectivity index (χ2n) is 4.53. The van der Waals surface area contributed by atoms with Gasteiger partial charge >= 0.3 is 8.80 Å². The van der Waals surface area contributed by atoms with Gasteiger partial charge < -0.3 is 22.8 Å². The minimum Gasteiger partial charge on any atom is -0.377 e. The summed E-state index contributed by atoms with van der Waals surface area (Å²) in [6.45, 7) is 3.70. The third-order valence-corrected chi connectivity index (χ3v) is 6.00. The summed E-state index contributed by atoms with van der Waals surface area (Å²) in [6.07, 6.45) is 3.62. The molecule has 0 aromatic carbocycles. The molecule has 6 heteroatoms. The smallest absolute Gasteiger partial charge is 0.377 e. The Morgan fingerprint density at radius 2 is 1.78 bits per heavy atom. The molecule has 108 valence electrons. The lowest BCUT2D eigenvalue weighted by atomic mass is 10.1. The summed E-state index contributed by atoms with van der Waals surface area (Å²) in [6, 6.07) is 0.784. The first-order valence-electron chi connectivity index (χ1n) is 6.58. The second kappa shape index (κ2) is 8.24. The molecule has 0 saturated carbocycles. The van der Waals surface area contributed by atoms with Gasteiger partial charge in [-0.3, -0.25) is 0 Å². The molecule has 5 nitrogen and oxygen atoms in total. The molecule has 1 saturated heterocycles. The topological polar surface area (TPSA) is 49.5 Å². The Bertz CT molecular complexity index is 210. The molecule has 0 aromatic rings. The summed E-state index contributed by atoms with van der Waals surface area (Å²) < 4.78 is 27.3. The van der Waals surface area contributed by atoms with Gasteiger partial charge in [0.2, 0.25) is 0 Å². The van der Waals surface area contributed by atoms with Crippen LogP contribution < -0.4 is 0 Å². The minimum atomic E-state index is -2.46. The van der Waals surface area contributed by atoms with Crippen molar-refractivity contribution in [1.82, 2.24) is 0 Å². The quantitative estimate of drug-likeness (QED) is 0.426. The maximum absolute atomic E-state index is 5.87. The van der Waals surface area contributed by atoms with E-state index in [4.69, 9.17) is 22.8 Å². The van der Waals surface area contributed by atoms with E-state index in [-0.39, 0.29) is 6.10 Å². The molecule has 1 aliphatic heterocycles. The fraction of sp³-hybridized carbons (Fsp3) is 1.00. The molecule has 0 aliphatic carbocycles. The standard InChI is InChI=1S/C12H26O5Si/c1-5-6-11(16-9-12-10-17-12)7-8-18(13-2,14-3)15-4/h11-12H,5-10H2,1-4H3. The van der Waals surface area contributed by atoms with Crippen LogP contribution in [0.5, 0.6) is 0 Å². The summed E-state index contributed by atoms with van der Waals surface area (Å²) in [5, 5.41) is 0. The molecule has 0 amide bonds. The molecule has 0 spiro atoms. The predicted molar refractivity (Wildman–Crippen MR) is 70.6 cm³/mol. The van der Waals surface area contributed by atoms with Crippen LogP contribution in [0.3, 0.4) is 0 Å². The van der Waals surface area contributed by atoms with Crippen molar-refractivity contribution < 1.29 is 22.8 Å². The van der Waals surface area contributed by atoms with E-state index in [2.05, 4.69) is 6.92 Å². The number of hydrogen-bond donors (Lipinski definition) is 0. The van der Waals surface area contributed by atoms with E-state index in [1.54, 1.807) is 21.3 Å². The summed E-state index contributed by atoms with van der Waals surface area (Å²) in [4.78, 5) is 0. The van der Waals surface area contributed by atoms with Crippen LogP contribution in [0.1, 0.15) is 26.2 Å². The Morgan fingerprint density at radius 3 is 2.22 bits per heavy atom. The van der Waals surface area contributed by atoms with Gasteiger partial charge in [-0.05, 0) is 12.8 Å². The summed E-state index contributed by atoms with van der Waals surface area (Å²) in [5.41, 5.74) is 0. The van der Waals surface area contributed by atoms with Crippen LogP contribution in [-0.4, -0.2) is 55.6 Å². The number of ether oxygens (including phenoxy) is 2. The molecule has 0 aromatic heterocycles. The fourth-order valence-electron chi connectivity index (χ4n) is 1.93. The number of rotatable bonds is 11. The molecule has 1 heterocycles. The van der Waals surface area contributed by atoms with Crippen LogP contribution in [0.25, 0.3) is 0 Å². The van der Waals surface area contributed by atoms with E-state index in [9.17, 15) is 0 Å². The van der Waals surface area contributed by atoms with Gasteiger partial charge in [-0.15, -0.1) is 0 Å². The average molecular weight is 278 g/mol. The lowest BCUT2D eigenvalue weighted by molar-refractivity contribution is 0.0295. The van der Waals surface area contributed by atoms with Crippen molar-refractivity contribution in [3.8, 4) is 0 Å². The van der Waals surface area contributed by atoms with Gasteiger partial charge in [0.1, 0.15) is 6.10 Å². The van der Waals surface area contributed by atoms with Crippen molar-refractivity contribution in [2.75, 3.05) is 34.5 Å². The molecule has 1 fully saturated rings. The van der Waals surface area contributed by atoms with Crippen LogP contribution >= 0.6 is 0 Å². The first-order chi connectivity index (χ1) is 8.69. The van der Waals surface area contributed by atoms with E-state index in [1.807, 2.05) is 0 Å². The van der Waals surface area contributed by atoms with Crippen molar-refractivity contribution in [2.24, 2.45) is 0 Å². The second-order valence-corrected chi connectivity index (χ2v) is 7.62. The largest absolute Gasteiger partial charge is 0.500 e. The first kappa shape index (κ1) is 16.1. The minimum absolute atomic E-state index is 0.242. The molecule has 1 aliphatic rings. The van der Waals surface area contributed by atoms with Crippen LogP contribution in [0.4, 0.5) is 0 Å². The zero-order chi connectivity index (χ0) is 13.4. The van der Waals surface area contributed by atoms with Gasteiger partial charge in [0, 0.05) is 27.4 Å². The van der Waals surface area contributed by atoms with E-state index < -0.39 is 8.80 Å². The summed E-state index contributed by atoms with van der Waals surface area (Å²) in [7, 11) is 2.48. The molecular formula is C12H26O5Si. The van der Waals surface area contributed by atoms with Crippen LogP contribution in [0.15, 0.2) is 0 Å². The Kier molecular flexibility index (Phi) is 7.36. The molecule has 1 rings (SSSR count). The molecule has 2 unspecified atom stereocenters. The number of epoxide rings is 1. The van der Waals surface area contributed by atoms with Crippen LogP contribution in [0.2, 0.25) is 6.04 Å². The summed E-state index contributed by atoms with van der Waals surface area (Å²) in [5.74, 6) is 0. The SMILES string of the molecule is CCCC(CC[Si](OC)(OC)OC)OCC1CO1. The Morgan fingerprint density at radius 1 is 1.17 bits per heavy atom. The van der Waals surface area contributed by atoms with Gasteiger partial charge in [-0.2, -0.15) is 0 Å². The lowest BCUT2D eigenvalue weighted by Gasteiger charge is -2.26. The van der Waals surface area contributed by atoms with Gasteiger partial charge in [0.15, 0.2) is 0 Å². The van der Waals surface area contributed by atoms with E-state index in [0.717, 1.165) is 31.9 Å². The fourth-order valence-corrected chi connectivity index (χ4v) is 3.72. The zero-order valence-corrected chi connectivity index (χ0v) is 12.9. The molecular weight excluding hydrogens is 252 g/mol. The van der Waals surface area contributed by atoms with Crippen LogP contribution in [0, 0.1) is 0 Å². The van der Waals surface area contributed by atoms with Crippen molar-refractivity contribution >= 4 is 8.80 Å². The Labute approximate surface area is 111 Å². The highest BCUT2D eigenvalue weighted by Gasteiger charge is 2.38. The van der Waals surface area contributed by atoms with Crippen LogP contribution in [-0.2, 0) is 22.8 Å².